The van der Waals surface area contributed by atoms with Crippen LogP contribution in [0.4, 0.5) is 0 Å². The van der Waals surface area contributed by atoms with E-state index in [-0.39, 0.29) is 27.9 Å². The molecule has 8 nitrogen and oxygen atoms in total. The number of carbonyl (C=O) groups is 3. The van der Waals surface area contributed by atoms with Crippen LogP contribution in [0.3, 0.4) is 0 Å². The fourth-order valence-electron chi connectivity index (χ4n) is 4.59. The molecule has 0 saturated carbocycles. The molecule has 38 heavy (non-hydrogen) atoms. The highest BCUT2D eigenvalue weighted by Crippen LogP contribution is 2.52. The fourth-order valence-corrected chi connectivity index (χ4v) is 6.20. The lowest BCUT2D eigenvalue weighted by Gasteiger charge is -2.41. The third-order valence-electron chi connectivity index (χ3n) is 6.77. The lowest BCUT2D eigenvalue weighted by molar-refractivity contribution is -0.179. The average Bonchev–Trinajstić information content (AvgIpc) is 2.99. The van der Waals surface area contributed by atoms with Gasteiger partial charge in [0.15, 0.2) is 6.04 Å². The molecule has 0 unspecified atom stereocenters. The van der Waals surface area contributed by atoms with Gasteiger partial charge in [-0.2, -0.15) is 0 Å². The number of fused-ring (bicyclic) bond motifs is 1. The highest BCUT2D eigenvalue weighted by Gasteiger charge is 2.64. The van der Waals surface area contributed by atoms with Gasteiger partial charge in [0.1, 0.15) is 17.2 Å². The molecule has 0 bridgehead atoms. The molecular weight excluding hydrogens is 504 g/mol. The van der Waals surface area contributed by atoms with Crippen molar-refractivity contribution in [3.63, 3.8) is 0 Å². The number of phenolic OH excluding ortho intramolecular Hbond substituents is 1. The van der Waals surface area contributed by atoms with Crippen LogP contribution >= 0.6 is 11.8 Å². The van der Waals surface area contributed by atoms with Gasteiger partial charge in [-0.15, -0.1) is 11.8 Å². The number of phenols is 1. The van der Waals surface area contributed by atoms with E-state index in [9.17, 15) is 19.5 Å². The van der Waals surface area contributed by atoms with Gasteiger partial charge in [-0.25, -0.2) is 4.79 Å². The van der Waals surface area contributed by atoms with Crippen molar-refractivity contribution in [2.45, 2.75) is 109 Å². The van der Waals surface area contributed by atoms with Gasteiger partial charge in [-0.3, -0.25) is 14.6 Å². The summed E-state index contributed by atoms with van der Waals surface area (Å²) in [5, 5.41) is 10.7. The molecule has 0 aromatic heterocycles. The zero-order valence-corrected chi connectivity index (χ0v) is 25.3. The van der Waals surface area contributed by atoms with Crippen molar-refractivity contribution in [1.82, 2.24) is 4.90 Å². The number of β-lactam (4-membered cyclic amide) rings is 1. The molecule has 2 fully saturated rings. The van der Waals surface area contributed by atoms with Gasteiger partial charge in [-0.1, -0.05) is 41.5 Å². The molecule has 1 N–H and O–H groups in total. The number of aliphatic imine (C=N–C) groups is 1. The van der Waals surface area contributed by atoms with E-state index in [0.717, 1.165) is 16.7 Å². The summed E-state index contributed by atoms with van der Waals surface area (Å²) in [5.41, 5.74) is 1.17. The summed E-state index contributed by atoms with van der Waals surface area (Å²) in [4.78, 5) is 44.2. The predicted octanol–water partition coefficient (Wildman–Crippen LogP) is 4.93. The van der Waals surface area contributed by atoms with Gasteiger partial charge in [0.25, 0.3) is 5.91 Å². The van der Waals surface area contributed by atoms with E-state index in [2.05, 4.69) is 4.99 Å². The van der Waals surface area contributed by atoms with Gasteiger partial charge < -0.3 is 19.5 Å². The first-order chi connectivity index (χ1) is 17.2. The molecule has 9 heteroatoms. The molecule has 3 rings (SSSR count). The van der Waals surface area contributed by atoms with Crippen molar-refractivity contribution in [3.8, 4) is 5.75 Å². The number of nitrogens with zero attached hydrogens (tertiary/aromatic N) is 2. The number of rotatable bonds is 5. The Kier molecular flexibility index (Phi) is 7.80. The zero-order chi connectivity index (χ0) is 29.0. The Balaban J connectivity index is 1.78. The average molecular weight is 547 g/mol. The van der Waals surface area contributed by atoms with Gasteiger partial charge in [0, 0.05) is 22.1 Å². The topological polar surface area (TPSA) is 106 Å². The number of aromatic hydroxyl groups is 1. The molecule has 1 amide bonds. The summed E-state index contributed by atoms with van der Waals surface area (Å²) in [6.07, 6.45) is 1.69. The summed E-state index contributed by atoms with van der Waals surface area (Å²) < 4.78 is 9.70. The molecule has 2 saturated heterocycles. The number of benzene rings is 1. The van der Waals surface area contributed by atoms with Gasteiger partial charge >= 0.3 is 11.9 Å². The SMILES string of the molecule is CC(C)(C)C(=O)OCOC(=O)[C@@H]1N2C(=O)[C@@H](N=Cc3cc(C(C)(C)C)c(O)c(C(C)(C)C)c3)[C@H]2SC1(C)C. The second-order valence-electron chi connectivity index (χ2n) is 13.7. The van der Waals surface area contributed by atoms with Crippen LogP contribution in [0.1, 0.15) is 92.9 Å². The third kappa shape index (κ3) is 5.87. The molecule has 2 aliphatic heterocycles. The number of amides is 1. The first-order valence-electron chi connectivity index (χ1n) is 12.9. The third-order valence-corrected chi connectivity index (χ3v) is 8.33. The van der Waals surface area contributed by atoms with Crippen molar-refractivity contribution in [1.29, 1.82) is 0 Å². The maximum absolute atomic E-state index is 13.2. The highest BCUT2D eigenvalue weighted by molar-refractivity contribution is 8.01. The first-order valence-corrected chi connectivity index (χ1v) is 13.8. The number of esters is 2. The molecule has 3 atom stereocenters. The Bertz CT molecular complexity index is 1120. The Hall–Kier alpha value is -2.55. The Morgan fingerprint density at radius 1 is 1.03 bits per heavy atom. The summed E-state index contributed by atoms with van der Waals surface area (Å²) in [6, 6.07) is 2.40. The standard InChI is InChI=1S/C29H42N2O6S/c1-26(2,3)17-12-16(13-18(20(17)32)27(4,5)6)14-30-19-22(33)31-21(29(10,11)38-23(19)31)24(34)36-15-37-25(35)28(7,8)9/h12-14,19,21,23,32H,15H2,1-11H3/t19-,21+,23-/m1/s1. The quantitative estimate of drug-likeness (QED) is 0.242. The molecule has 1 aromatic carbocycles. The lowest BCUT2D eigenvalue weighted by Crippen LogP contribution is -2.65. The van der Waals surface area contributed by atoms with Gasteiger partial charge in [0.2, 0.25) is 6.79 Å². The van der Waals surface area contributed by atoms with Crippen LogP contribution in [0.25, 0.3) is 0 Å². The molecule has 2 aliphatic rings. The number of hydrogen-bond acceptors (Lipinski definition) is 8. The van der Waals surface area contributed by atoms with Crippen LogP contribution in [0.2, 0.25) is 0 Å². The van der Waals surface area contributed by atoms with E-state index in [4.69, 9.17) is 9.47 Å². The maximum Gasteiger partial charge on any atom is 0.333 e. The van der Waals surface area contributed by atoms with E-state index >= 15 is 0 Å². The lowest BCUT2D eigenvalue weighted by atomic mass is 9.78. The van der Waals surface area contributed by atoms with E-state index in [1.807, 2.05) is 67.5 Å². The van der Waals surface area contributed by atoms with E-state index in [1.54, 1.807) is 27.0 Å². The van der Waals surface area contributed by atoms with Crippen molar-refractivity contribution < 1.29 is 29.0 Å². The molecule has 2 heterocycles. The van der Waals surface area contributed by atoms with Crippen LogP contribution in [0, 0.1) is 5.41 Å². The Morgan fingerprint density at radius 2 is 1.55 bits per heavy atom. The summed E-state index contributed by atoms with van der Waals surface area (Å²) in [5.74, 6) is -1.04. The second kappa shape index (κ2) is 9.88. The predicted molar refractivity (Wildman–Crippen MR) is 149 cm³/mol. The minimum Gasteiger partial charge on any atom is -0.507 e. The van der Waals surface area contributed by atoms with E-state index in [0.29, 0.717) is 0 Å². The van der Waals surface area contributed by atoms with Crippen LogP contribution in [0.5, 0.6) is 5.75 Å². The van der Waals surface area contributed by atoms with Crippen LogP contribution in [0.15, 0.2) is 17.1 Å². The minimum atomic E-state index is -0.807. The molecular formula is C29H42N2O6S. The molecule has 0 radical (unpaired) electrons. The molecule has 1 aromatic rings. The van der Waals surface area contributed by atoms with E-state index < -0.39 is 41.0 Å². The molecule has 0 spiro atoms. The zero-order valence-electron chi connectivity index (χ0n) is 24.5. The smallest absolute Gasteiger partial charge is 0.333 e. The normalized spacial score (nSPS) is 23.3. The van der Waals surface area contributed by atoms with Crippen molar-refractivity contribution in [3.05, 3.63) is 28.8 Å². The van der Waals surface area contributed by atoms with Crippen LogP contribution in [-0.2, 0) is 34.7 Å². The maximum atomic E-state index is 13.2. The Labute approximate surface area is 230 Å². The van der Waals surface area contributed by atoms with E-state index in [1.165, 1.54) is 16.7 Å². The molecule has 210 valence electrons. The Morgan fingerprint density at radius 3 is 2.03 bits per heavy atom. The summed E-state index contributed by atoms with van der Waals surface area (Å²) in [7, 11) is 0. The summed E-state index contributed by atoms with van der Waals surface area (Å²) >= 11 is 1.51. The van der Waals surface area contributed by atoms with Crippen LogP contribution < -0.4 is 0 Å². The van der Waals surface area contributed by atoms with Crippen molar-refractivity contribution in [2.75, 3.05) is 6.79 Å². The second-order valence-corrected chi connectivity index (χ2v) is 15.5. The number of ether oxygens (including phenoxy) is 2. The van der Waals surface area contributed by atoms with Gasteiger partial charge in [-0.05, 0) is 63.1 Å². The number of hydrogen-bond donors (Lipinski definition) is 1. The highest BCUT2D eigenvalue weighted by atomic mass is 32.2. The molecule has 0 aliphatic carbocycles. The van der Waals surface area contributed by atoms with Crippen molar-refractivity contribution in [2.24, 2.45) is 10.4 Å². The number of thioether (sulfide) groups is 1. The summed E-state index contributed by atoms with van der Waals surface area (Å²) in [6.45, 7) is 20.7. The first kappa shape index (κ1) is 30.0. The minimum absolute atomic E-state index is 0.246. The largest absolute Gasteiger partial charge is 0.507 e. The van der Waals surface area contributed by atoms with Crippen LogP contribution in [-0.4, -0.2) is 63.1 Å². The van der Waals surface area contributed by atoms with Gasteiger partial charge in [0.05, 0.1) is 5.41 Å². The number of carbonyl (C=O) groups excluding carboxylic acids is 3. The van der Waals surface area contributed by atoms with Crippen molar-refractivity contribution >= 4 is 35.8 Å². The monoisotopic (exact) mass is 546 g/mol. The fraction of sp³-hybridized carbons (Fsp3) is 0.655.